The number of sulfone groups is 1. The van der Waals surface area contributed by atoms with Crippen LogP contribution in [0.4, 0.5) is 11.5 Å². The summed E-state index contributed by atoms with van der Waals surface area (Å²) in [5.74, 6) is 0.395. The monoisotopic (exact) mass is 422 g/mol. The number of pyridine rings is 2. The second-order valence-corrected chi connectivity index (χ2v) is 9.44. The molecule has 1 aliphatic rings. The maximum Gasteiger partial charge on any atom is 0.273 e. The molecule has 0 atom stereocenters. The summed E-state index contributed by atoms with van der Waals surface area (Å²) in [7, 11) is -3.06. The van der Waals surface area contributed by atoms with E-state index in [0.29, 0.717) is 17.2 Å². The summed E-state index contributed by atoms with van der Waals surface area (Å²) in [5.41, 5.74) is 1.84. The lowest BCUT2D eigenvalue weighted by Gasteiger charge is -2.26. The number of rotatable bonds is 3. The molecule has 1 saturated heterocycles. The minimum atomic E-state index is -3.06. The van der Waals surface area contributed by atoms with Crippen LogP contribution in [-0.2, 0) is 9.84 Å². The molecule has 0 unspecified atom stereocenters. The smallest absolute Gasteiger partial charge is 0.273 e. The van der Waals surface area contributed by atoms with Crippen molar-refractivity contribution in [1.29, 1.82) is 0 Å². The Morgan fingerprint density at radius 2 is 1.87 bits per heavy atom. The number of fused-ring (bicyclic) bond motifs is 2. The van der Waals surface area contributed by atoms with Gasteiger partial charge in [-0.3, -0.25) is 14.9 Å². The zero-order valence-corrected chi connectivity index (χ0v) is 16.7. The molecule has 10 heteroatoms. The van der Waals surface area contributed by atoms with Crippen molar-refractivity contribution < 1.29 is 13.2 Å². The molecule has 5 rings (SSSR count). The number of hydrogen-bond donors (Lipinski definition) is 2. The molecule has 0 saturated carbocycles. The fraction of sp³-hybridized carbons (Fsp3) is 0.200. The lowest BCUT2D eigenvalue weighted by atomic mass is 10.1. The van der Waals surface area contributed by atoms with E-state index in [1.54, 1.807) is 17.3 Å². The highest BCUT2D eigenvalue weighted by Gasteiger charge is 2.27. The van der Waals surface area contributed by atoms with Gasteiger partial charge in [0.05, 0.1) is 16.9 Å². The molecule has 0 aliphatic carbocycles. The molecule has 1 aliphatic heterocycles. The number of anilines is 2. The fourth-order valence-corrected chi connectivity index (χ4v) is 4.78. The van der Waals surface area contributed by atoms with E-state index in [1.807, 2.05) is 36.4 Å². The molecule has 0 spiro atoms. The molecular weight excluding hydrogens is 404 g/mol. The Kier molecular flexibility index (Phi) is 4.35. The van der Waals surface area contributed by atoms with Crippen molar-refractivity contribution in [2.45, 2.75) is 0 Å². The van der Waals surface area contributed by atoms with Crippen molar-refractivity contribution in [2.24, 2.45) is 0 Å². The first-order valence-electron chi connectivity index (χ1n) is 9.45. The van der Waals surface area contributed by atoms with E-state index in [9.17, 15) is 13.2 Å². The van der Waals surface area contributed by atoms with Gasteiger partial charge in [0.1, 0.15) is 5.69 Å². The van der Waals surface area contributed by atoms with Crippen LogP contribution < -0.4 is 5.32 Å². The highest BCUT2D eigenvalue weighted by Crippen LogP contribution is 2.27. The summed E-state index contributed by atoms with van der Waals surface area (Å²) < 4.78 is 23.3. The second-order valence-electron chi connectivity index (χ2n) is 7.14. The average Bonchev–Trinajstić information content (AvgIpc) is 3.15. The van der Waals surface area contributed by atoms with E-state index in [1.165, 1.54) is 0 Å². The number of aromatic amines is 1. The second kappa shape index (κ2) is 7.06. The first-order valence-corrected chi connectivity index (χ1v) is 11.3. The van der Waals surface area contributed by atoms with Crippen molar-refractivity contribution in [2.75, 3.05) is 29.9 Å². The third kappa shape index (κ3) is 3.35. The van der Waals surface area contributed by atoms with Crippen LogP contribution in [0.15, 0.2) is 48.8 Å². The number of benzene rings is 1. The van der Waals surface area contributed by atoms with Gasteiger partial charge in [0, 0.05) is 36.6 Å². The van der Waals surface area contributed by atoms with Gasteiger partial charge in [0.25, 0.3) is 5.91 Å². The summed E-state index contributed by atoms with van der Waals surface area (Å²) >= 11 is 0. The minimum Gasteiger partial charge on any atom is -0.338 e. The number of H-pyrrole nitrogens is 1. The standard InChI is InChI=1S/C20H18N6O3S/c27-20(26-8-10-30(28,29)11-9-26)17-15-4-3-14(12-13(15)5-7-21-17)23-19-16-2-1-6-22-18(16)24-25-19/h1-7,12H,8-11H2,(H2,22,23,24,25). The Bertz CT molecular complexity index is 1370. The van der Waals surface area contributed by atoms with Gasteiger partial charge in [-0.05, 0) is 41.8 Å². The highest BCUT2D eigenvalue weighted by molar-refractivity contribution is 7.91. The molecule has 3 aromatic heterocycles. The number of nitrogens with one attached hydrogen (secondary N) is 2. The van der Waals surface area contributed by atoms with Gasteiger partial charge in [0.2, 0.25) is 0 Å². The Balaban J connectivity index is 1.44. The SMILES string of the molecule is O=C(c1nccc2cc(Nc3n[nH]c4ncccc34)ccc12)N1CCS(=O)(=O)CC1. The van der Waals surface area contributed by atoms with E-state index in [4.69, 9.17) is 0 Å². The Morgan fingerprint density at radius 1 is 1.03 bits per heavy atom. The predicted molar refractivity (Wildman–Crippen MR) is 113 cm³/mol. The van der Waals surface area contributed by atoms with Crippen LogP contribution in [0.25, 0.3) is 21.8 Å². The number of carbonyl (C=O) groups excluding carboxylic acids is 1. The normalized spacial score (nSPS) is 16.1. The number of hydrogen-bond acceptors (Lipinski definition) is 7. The third-order valence-corrected chi connectivity index (χ3v) is 6.81. The number of nitrogens with zero attached hydrogens (tertiary/aromatic N) is 4. The van der Waals surface area contributed by atoms with Crippen LogP contribution in [0.5, 0.6) is 0 Å². The molecule has 4 aromatic rings. The molecule has 0 radical (unpaired) electrons. The van der Waals surface area contributed by atoms with E-state index < -0.39 is 9.84 Å². The molecule has 152 valence electrons. The molecule has 4 heterocycles. The third-order valence-electron chi connectivity index (χ3n) is 5.20. The average molecular weight is 422 g/mol. The van der Waals surface area contributed by atoms with E-state index in [0.717, 1.165) is 21.8 Å². The summed E-state index contributed by atoms with van der Waals surface area (Å²) in [6.45, 7) is 0.387. The maximum atomic E-state index is 12.9. The van der Waals surface area contributed by atoms with Crippen LogP contribution in [0.2, 0.25) is 0 Å². The molecule has 9 nitrogen and oxygen atoms in total. The van der Waals surface area contributed by atoms with Crippen LogP contribution >= 0.6 is 0 Å². The van der Waals surface area contributed by atoms with Crippen molar-refractivity contribution in [3.63, 3.8) is 0 Å². The zero-order valence-electron chi connectivity index (χ0n) is 15.9. The van der Waals surface area contributed by atoms with E-state index in [2.05, 4.69) is 25.5 Å². The van der Waals surface area contributed by atoms with Gasteiger partial charge >= 0.3 is 0 Å². The summed E-state index contributed by atoms with van der Waals surface area (Å²) in [5, 5.41) is 12.9. The lowest BCUT2D eigenvalue weighted by Crippen LogP contribution is -2.44. The lowest BCUT2D eigenvalue weighted by molar-refractivity contribution is 0.0766. The van der Waals surface area contributed by atoms with Crippen LogP contribution in [0, 0.1) is 0 Å². The Morgan fingerprint density at radius 3 is 2.70 bits per heavy atom. The van der Waals surface area contributed by atoms with Crippen LogP contribution in [-0.4, -0.2) is 64.0 Å². The van der Waals surface area contributed by atoms with Gasteiger partial charge < -0.3 is 10.2 Å². The molecular formula is C20H18N6O3S. The Labute approximate surface area is 172 Å². The topological polar surface area (TPSA) is 121 Å². The maximum absolute atomic E-state index is 12.9. The molecule has 2 N–H and O–H groups in total. The van der Waals surface area contributed by atoms with Crippen molar-refractivity contribution >= 4 is 49.1 Å². The van der Waals surface area contributed by atoms with E-state index in [-0.39, 0.29) is 30.5 Å². The number of aromatic nitrogens is 4. The molecule has 1 fully saturated rings. The van der Waals surface area contributed by atoms with Gasteiger partial charge in [-0.2, -0.15) is 5.10 Å². The fourth-order valence-electron chi connectivity index (χ4n) is 3.58. The summed E-state index contributed by atoms with van der Waals surface area (Å²) in [4.78, 5) is 23.0. The number of amides is 1. The van der Waals surface area contributed by atoms with Gasteiger partial charge in [-0.25, -0.2) is 13.4 Å². The van der Waals surface area contributed by atoms with Crippen LogP contribution in [0.1, 0.15) is 10.5 Å². The highest BCUT2D eigenvalue weighted by atomic mass is 32.2. The predicted octanol–water partition coefficient (Wildman–Crippen LogP) is 2.12. The quantitative estimate of drug-likeness (QED) is 0.519. The van der Waals surface area contributed by atoms with Gasteiger partial charge in [0.15, 0.2) is 21.3 Å². The van der Waals surface area contributed by atoms with Crippen molar-refractivity contribution in [3.05, 3.63) is 54.5 Å². The van der Waals surface area contributed by atoms with Gasteiger partial charge in [-0.15, -0.1) is 0 Å². The van der Waals surface area contributed by atoms with E-state index >= 15 is 0 Å². The summed E-state index contributed by atoms with van der Waals surface area (Å²) in [6, 6.07) is 11.2. The molecule has 30 heavy (non-hydrogen) atoms. The Hall–Kier alpha value is -3.53. The van der Waals surface area contributed by atoms with Crippen LogP contribution in [0.3, 0.4) is 0 Å². The molecule has 0 bridgehead atoms. The van der Waals surface area contributed by atoms with Gasteiger partial charge in [-0.1, -0.05) is 0 Å². The van der Waals surface area contributed by atoms with Crippen molar-refractivity contribution in [1.82, 2.24) is 25.1 Å². The van der Waals surface area contributed by atoms with Crippen molar-refractivity contribution in [3.8, 4) is 0 Å². The zero-order chi connectivity index (χ0) is 20.7. The molecule has 1 amide bonds. The largest absolute Gasteiger partial charge is 0.338 e. The summed E-state index contributed by atoms with van der Waals surface area (Å²) in [6.07, 6.45) is 3.29. The molecule has 1 aromatic carbocycles. The minimum absolute atomic E-state index is 0.00987. The first-order chi connectivity index (χ1) is 14.5. The number of carbonyl (C=O) groups is 1. The first kappa shape index (κ1) is 18.5.